The molecule has 1 aromatic rings. The fourth-order valence-electron chi connectivity index (χ4n) is 2.58. The minimum Gasteiger partial charge on any atom is -0.456 e. The van der Waals surface area contributed by atoms with Crippen molar-refractivity contribution < 1.29 is 14.3 Å². The van der Waals surface area contributed by atoms with Crippen molar-refractivity contribution >= 4 is 5.91 Å². The first-order chi connectivity index (χ1) is 9.13. The van der Waals surface area contributed by atoms with E-state index in [1.54, 1.807) is 6.07 Å². The number of furan rings is 1. The molecule has 1 amide bonds. The number of carbonyl (C=O) groups excluding carboxylic acids is 1. The van der Waals surface area contributed by atoms with Crippen LogP contribution in [0.2, 0.25) is 0 Å². The van der Waals surface area contributed by atoms with Crippen LogP contribution in [-0.2, 0) is 6.54 Å². The number of aliphatic hydroxyl groups is 1. The molecule has 0 aliphatic carbocycles. The number of nitrogens with zero attached hydrogens (tertiary/aromatic N) is 1. The summed E-state index contributed by atoms with van der Waals surface area (Å²) in [6, 6.07) is 1.75. The van der Waals surface area contributed by atoms with Crippen molar-refractivity contribution in [3.05, 3.63) is 23.2 Å². The highest BCUT2D eigenvalue weighted by Gasteiger charge is 2.23. The second-order valence-corrected chi connectivity index (χ2v) is 5.07. The molecule has 1 unspecified atom stereocenters. The average Bonchev–Trinajstić information content (AvgIpc) is 2.97. The van der Waals surface area contributed by atoms with Crippen LogP contribution in [0.3, 0.4) is 0 Å². The van der Waals surface area contributed by atoms with Gasteiger partial charge in [-0.15, -0.1) is 0 Å². The molecule has 0 spiro atoms. The van der Waals surface area contributed by atoms with Crippen LogP contribution in [0.1, 0.15) is 34.7 Å². The second kappa shape index (κ2) is 6.18. The molecule has 0 saturated carbocycles. The largest absolute Gasteiger partial charge is 0.456 e. The van der Waals surface area contributed by atoms with E-state index in [1.165, 1.54) is 0 Å². The zero-order valence-corrected chi connectivity index (χ0v) is 11.2. The summed E-state index contributed by atoms with van der Waals surface area (Å²) in [5.74, 6) is 6.25. The number of rotatable bonds is 5. The van der Waals surface area contributed by atoms with E-state index in [2.05, 4.69) is 10.3 Å². The van der Waals surface area contributed by atoms with E-state index in [1.807, 2.05) is 6.92 Å². The van der Waals surface area contributed by atoms with Crippen LogP contribution in [0.5, 0.6) is 0 Å². The molecule has 0 radical (unpaired) electrons. The summed E-state index contributed by atoms with van der Waals surface area (Å²) in [6.45, 7) is 4.89. The summed E-state index contributed by atoms with van der Waals surface area (Å²) < 4.78 is 5.39. The van der Waals surface area contributed by atoms with Crippen molar-refractivity contribution in [3.8, 4) is 0 Å². The molecule has 2 heterocycles. The van der Waals surface area contributed by atoms with E-state index in [9.17, 15) is 4.79 Å². The Morgan fingerprint density at radius 1 is 1.68 bits per heavy atom. The Labute approximate surface area is 112 Å². The van der Waals surface area contributed by atoms with Crippen LogP contribution in [0.15, 0.2) is 10.5 Å². The number of carbonyl (C=O) groups is 1. The first-order valence-corrected chi connectivity index (χ1v) is 6.57. The van der Waals surface area contributed by atoms with Crippen molar-refractivity contribution in [2.45, 2.75) is 26.3 Å². The molecule has 1 aliphatic rings. The molecule has 6 heteroatoms. The maximum absolute atomic E-state index is 11.4. The third kappa shape index (κ3) is 3.34. The Morgan fingerprint density at radius 3 is 3.16 bits per heavy atom. The van der Waals surface area contributed by atoms with Gasteiger partial charge in [-0.2, -0.15) is 0 Å². The monoisotopic (exact) mass is 267 g/mol. The molecule has 19 heavy (non-hydrogen) atoms. The predicted molar refractivity (Wildman–Crippen MR) is 70.2 cm³/mol. The average molecular weight is 267 g/mol. The van der Waals surface area contributed by atoms with Crippen molar-refractivity contribution in [3.63, 3.8) is 0 Å². The Kier molecular flexibility index (Phi) is 4.57. The van der Waals surface area contributed by atoms with Crippen LogP contribution >= 0.6 is 0 Å². The van der Waals surface area contributed by atoms with Gasteiger partial charge in [0, 0.05) is 25.3 Å². The van der Waals surface area contributed by atoms with Crippen LogP contribution in [0, 0.1) is 12.8 Å². The highest BCUT2D eigenvalue weighted by Crippen LogP contribution is 2.23. The lowest BCUT2D eigenvalue weighted by Crippen LogP contribution is -2.29. The molecule has 1 saturated heterocycles. The molecule has 2 rings (SSSR count). The number of amides is 1. The van der Waals surface area contributed by atoms with Gasteiger partial charge in [0.2, 0.25) is 0 Å². The maximum Gasteiger partial charge on any atom is 0.300 e. The Bertz CT molecular complexity index is 444. The number of likely N-dealkylation sites (tertiary alicyclic amines) is 1. The highest BCUT2D eigenvalue weighted by molar-refractivity contribution is 5.91. The lowest BCUT2D eigenvalue weighted by atomic mass is 10.1. The molecule has 1 aromatic heterocycles. The molecular weight excluding hydrogens is 246 g/mol. The van der Waals surface area contributed by atoms with Gasteiger partial charge in [0.05, 0.1) is 0 Å². The van der Waals surface area contributed by atoms with Gasteiger partial charge >= 0.3 is 5.91 Å². The normalized spacial score (nSPS) is 19.8. The van der Waals surface area contributed by atoms with E-state index < -0.39 is 5.91 Å². The second-order valence-electron chi connectivity index (χ2n) is 5.07. The van der Waals surface area contributed by atoms with E-state index in [-0.39, 0.29) is 12.4 Å². The Hall–Kier alpha value is -1.37. The van der Waals surface area contributed by atoms with Crippen LogP contribution in [0.4, 0.5) is 0 Å². The first-order valence-electron chi connectivity index (χ1n) is 6.57. The van der Waals surface area contributed by atoms with Gasteiger partial charge in [-0.25, -0.2) is 5.84 Å². The quantitative estimate of drug-likeness (QED) is 0.408. The third-order valence-corrected chi connectivity index (χ3v) is 3.68. The van der Waals surface area contributed by atoms with Crippen molar-refractivity contribution in [1.29, 1.82) is 0 Å². The van der Waals surface area contributed by atoms with Crippen molar-refractivity contribution in [2.24, 2.45) is 11.8 Å². The summed E-state index contributed by atoms with van der Waals surface area (Å²) in [7, 11) is 0. The molecule has 106 valence electrons. The number of nitrogens with one attached hydrogen (secondary N) is 1. The summed E-state index contributed by atoms with van der Waals surface area (Å²) in [4.78, 5) is 13.7. The lowest BCUT2D eigenvalue weighted by Gasteiger charge is -2.15. The first kappa shape index (κ1) is 14.0. The minimum atomic E-state index is -0.408. The number of aliphatic hydroxyl groups excluding tert-OH is 1. The zero-order chi connectivity index (χ0) is 13.8. The minimum absolute atomic E-state index is 0.251. The predicted octanol–water partition coefficient (Wildman–Crippen LogP) is 0.396. The summed E-state index contributed by atoms with van der Waals surface area (Å²) in [5.41, 5.74) is 3.08. The highest BCUT2D eigenvalue weighted by atomic mass is 16.4. The van der Waals surface area contributed by atoms with Crippen molar-refractivity contribution in [1.82, 2.24) is 10.3 Å². The molecule has 6 nitrogen and oxygen atoms in total. The van der Waals surface area contributed by atoms with E-state index >= 15 is 0 Å². The number of hydrogen-bond acceptors (Lipinski definition) is 5. The third-order valence-electron chi connectivity index (χ3n) is 3.68. The lowest BCUT2D eigenvalue weighted by molar-refractivity contribution is 0.0924. The molecule has 1 atom stereocenters. The summed E-state index contributed by atoms with van der Waals surface area (Å²) in [6.07, 6.45) is 1.98. The fourth-order valence-corrected chi connectivity index (χ4v) is 2.58. The fraction of sp³-hybridized carbons (Fsp3) is 0.615. The number of nitrogens with two attached hydrogens (primary N) is 1. The van der Waals surface area contributed by atoms with E-state index in [4.69, 9.17) is 15.4 Å². The van der Waals surface area contributed by atoms with Crippen LogP contribution in [0.25, 0.3) is 0 Å². The van der Waals surface area contributed by atoms with Gasteiger partial charge in [-0.1, -0.05) is 0 Å². The molecule has 1 aliphatic heterocycles. The van der Waals surface area contributed by atoms with Crippen LogP contribution in [-0.4, -0.2) is 35.6 Å². The standard InChI is InChI=1S/C13H21N3O3/c1-9-11(6-12(19-9)13(18)15-14)8-16-4-2-10(7-16)3-5-17/h6,10,17H,2-5,7-8,14H2,1H3,(H,15,18). The number of hydrogen-bond donors (Lipinski definition) is 3. The maximum atomic E-state index is 11.4. The Balaban J connectivity index is 1.96. The molecule has 1 fully saturated rings. The van der Waals surface area contributed by atoms with E-state index in [0.29, 0.717) is 5.92 Å². The van der Waals surface area contributed by atoms with E-state index in [0.717, 1.165) is 43.8 Å². The van der Waals surface area contributed by atoms with Gasteiger partial charge in [0.25, 0.3) is 0 Å². The molecule has 0 bridgehead atoms. The van der Waals surface area contributed by atoms with Gasteiger partial charge in [-0.3, -0.25) is 15.1 Å². The summed E-state index contributed by atoms with van der Waals surface area (Å²) >= 11 is 0. The van der Waals surface area contributed by atoms with Gasteiger partial charge in [0.1, 0.15) is 5.76 Å². The number of aryl methyl sites for hydroxylation is 1. The van der Waals surface area contributed by atoms with Crippen LogP contribution < -0.4 is 11.3 Å². The molecular formula is C13H21N3O3. The van der Waals surface area contributed by atoms with Crippen molar-refractivity contribution in [2.75, 3.05) is 19.7 Å². The van der Waals surface area contributed by atoms with Gasteiger partial charge < -0.3 is 9.52 Å². The topological polar surface area (TPSA) is 91.7 Å². The van der Waals surface area contributed by atoms with Gasteiger partial charge in [0.15, 0.2) is 5.76 Å². The smallest absolute Gasteiger partial charge is 0.300 e. The molecule has 0 aromatic carbocycles. The number of nitrogen functional groups attached to an aromatic ring is 1. The number of hydrazine groups is 1. The SMILES string of the molecule is Cc1oc(C(=O)NN)cc1CN1CCC(CCO)C1. The molecule has 4 N–H and O–H groups in total. The Morgan fingerprint density at radius 2 is 2.47 bits per heavy atom. The zero-order valence-electron chi connectivity index (χ0n) is 11.2. The van der Waals surface area contributed by atoms with Gasteiger partial charge in [-0.05, 0) is 38.3 Å². The summed E-state index contributed by atoms with van der Waals surface area (Å²) in [5, 5.41) is 8.95.